The number of unbranched alkanes of at least 4 members (excludes halogenated alkanes) is 1. The van der Waals surface area contributed by atoms with Crippen LogP contribution in [0, 0.1) is 5.92 Å². The molecule has 0 aromatic heterocycles. The highest BCUT2D eigenvalue weighted by Crippen LogP contribution is 2.06. The molecule has 0 spiro atoms. The van der Waals surface area contributed by atoms with Crippen molar-refractivity contribution in [1.82, 2.24) is 16.0 Å². The lowest BCUT2D eigenvalue weighted by Crippen LogP contribution is -2.58. The minimum absolute atomic E-state index is 0.159. The van der Waals surface area contributed by atoms with Crippen molar-refractivity contribution in [1.29, 1.82) is 0 Å². The van der Waals surface area contributed by atoms with Gasteiger partial charge in [-0.25, -0.2) is 4.79 Å². The second-order valence-corrected chi connectivity index (χ2v) is 7.43. The molecule has 0 aromatic rings. The Labute approximate surface area is 180 Å². The largest absolute Gasteiger partial charge is 0.480 e. The van der Waals surface area contributed by atoms with Crippen LogP contribution < -0.4 is 33.2 Å². The maximum absolute atomic E-state index is 12.6. The lowest BCUT2D eigenvalue weighted by atomic mass is 10.0. The van der Waals surface area contributed by atoms with Crippen molar-refractivity contribution >= 4 is 29.6 Å². The standard InChI is InChI=1S/C18H34N6O7/c1-9(2)14(18(30)31)24-16(28)11(5-3-4-6-19)22-17(29)12(8-25)23-15(27)10(20)7-13(21)26/h9-12,14,25H,3-8,19-20H2,1-2H3,(H2,21,26)(H,22,29)(H,23,27)(H,24,28)(H,30,31)/t10-,11-,12-,14-/m0/s1. The fraction of sp³-hybridized carbons (Fsp3) is 0.722. The number of hydrogen-bond donors (Lipinski definition) is 8. The predicted molar refractivity (Wildman–Crippen MR) is 110 cm³/mol. The average Bonchev–Trinajstić information content (AvgIpc) is 2.67. The number of hydrogen-bond acceptors (Lipinski definition) is 8. The minimum atomic E-state index is -1.45. The molecule has 0 bridgehead atoms. The van der Waals surface area contributed by atoms with E-state index in [1.165, 1.54) is 0 Å². The molecular weight excluding hydrogens is 412 g/mol. The Bertz CT molecular complexity index is 643. The molecular formula is C18H34N6O7. The molecule has 4 atom stereocenters. The number of nitrogens with two attached hydrogens (primary N) is 3. The first-order valence-corrected chi connectivity index (χ1v) is 9.93. The van der Waals surface area contributed by atoms with Crippen LogP contribution in [0.2, 0.25) is 0 Å². The number of nitrogens with one attached hydrogen (secondary N) is 3. The van der Waals surface area contributed by atoms with Crippen molar-refractivity contribution in [3.63, 3.8) is 0 Å². The van der Waals surface area contributed by atoms with Gasteiger partial charge < -0.3 is 43.4 Å². The maximum atomic E-state index is 12.6. The third kappa shape index (κ3) is 10.7. The Morgan fingerprint density at radius 2 is 1.45 bits per heavy atom. The van der Waals surface area contributed by atoms with Crippen LogP contribution in [0.1, 0.15) is 39.5 Å². The van der Waals surface area contributed by atoms with Gasteiger partial charge in [-0.05, 0) is 31.7 Å². The van der Waals surface area contributed by atoms with Gasteiger partial charge in [0.15, 0.2) is 0 Å². The molecule has 13 nitrogen and oxygen atoms in total. The maximum Gasteiger partial charge on any atom is 0.326 e. The van der Waals surface area contributed by atoms with E-state index in [0.717, 1.165) is 0 Å². The number of carbonyl (C=O) groups is 5. The van der Waals surface area contributed by atoms with Gasteiger partial charge in [-0.1, -0.05) is 13.8 Å². The Morgan fingerprint density at radius 1 is 0.903 bits per heavy atom. The first-order valence-electron chi connectivity index (χ1n) is 9.93. The predicted octanol–water partition coefficient (Wildman–Crippen LogP) is -3.49. The fourth-order valence-electron chi connectivity index (χ4n) is 2.58. The second kappa shape index (κ2) is 14.3. The molecule has 11 N–H and O–H groups in total. The van der Waals surface area contributed by atoms with E-state index in [1.807, 2.05) is 0 Å². The van der Waals surface area contributed by atoms with Crippen molar-refractivity contribution in [2.45, 2.75) is 63.7 Å². The second-order valence-electron chi connectivity index (χ2n) is 7.43. The number of aliphatic hydroxyl groups excluding tert-OH is 1. The topological polar surface area (TPSA) is 240 Å². The molecule has 4 amide bonds. The molecule has 0 aliphatic carbocycles. The molecule has 0 rings (SSSR count). The first kappa shape index (κ1) is 28.2. The first-order chi connectivity index (χ1) is 14.4. The summed E-state index contributed by atoms with van der Waals surface area (Å²) >= 11 is 0. The van der Waals surface area contributed by atoms with Crippen LogP contribution in [-0.2, 0) is 24.0 Å². The summed E-state index contributed by atoms with van der Waals surface area (Å²) in [5.41, 5.74) is 15.9. The number of aliphatic hydroxyl groups is 1. The molecule has 0 saturated heterocycles. The summed E-state index contributed by atoms with van der Waals surface area (Å²) < 4.78 is 0. The van der Waals surface area contributed by atoms with Gasteiger partial charge in [0, 0.05) is 0 Å². The smallest absolute Gasteiger partial charge is 0.326 e. The normalized spacial score (nSPS) is 14.8. The summed E-state index contributed by atoms with van der Waals surface area (Å²) in [7, 11) is 0. The van der Waals surface area contributed by atoms with Gasteiger partial charge in [0.05, 0.1) is 19.1 Å². The molecule has 13 heteroatoms. The number of amides is 4. The van der Waals surface area contributed by atoms with Crippen molar-refractivity contribution < 1.29 is 34.2 Å². The molecule has 0 radical (unpaired) electrons. The van der Waals surface area contributed by atoms with Crippen LogP contribution in [0.4, 0.5) is 0 Å². The number of carbonyl (C=O) groups excluding carboxylic acids is 4. The monoisotopic (exact) mass is 446 g/mol. The van der Waals surface area contributed by atoms with E-state index in [9.17, 15) is 34.2 Å². The molecule has 0 aromatic carbocycles. The van der Waals surface area contributed by atoms with Crippen molar-refractivity contribution in [3.8, 4) is 0 Å². The van der Waals surface area contributed by atoms with Crippen LogP contribution in [0.25, 0.3) is 0 Å². The summed E-state index contributed by atoms with van der Waals surface area (Å²) in [6.07, 6.45) is 0.732. The van der Waals surface area contributed by atoms with Crippen LogP contribution in [0.5, 0.6) is 0 Å². The lowest BCUT2D eigenvalue weighted by molar-refractivity contribution is -0.143. The Balaban J connectivity index is 5.26. The van der Waals surface area contributed by atoms with E-state index in [1.54, 1.807) is 13.8 Å². The summed E-state index contributed by atoms with van der Waals surface area (Å²) in [4.78, 5) is 59.3. The van der Waals surface area contributed by atoms with E-state index in [-0.39, 0.29) is 6.42 Å². The van der Waals surface area contributed by atoms with Gasteiger partial charge in [-0.2, -0.15) is 0 Å². The number of carboxylic acids is 1. The van der Waals surface area contributed by atoms with Crippen LogP contribution >= 0.6 is 0 Å². The molecule has 31 heavy (non-hydrogen) atoms. The SMILES string of the molecule is CC(C)[C@H](NC(=O)[C@H](CCCCN)NC(=O)[C@H](CO)NC(=O)[C@@H](N)CC(N)=O)C(=O)O. The number of aliphatic carboxylic acids is 1. The molecule has 0 heterocycles. The highest BCUT2D eigenvalue weighted by molar-refractivity contribution is 5.95. The van der Waals surface area contributed by atoms with Crippen LogP contribution in [-0.4, -0.2) is 77.1 Å². The van der Waals surface area contributed by atoms with Gasteiger partial charge >= 0.3 is 5.97 Å². The molecule has 0 unspecified atom stereocenters. The number of primary amides is 1. The van der Waals surface area contributed by atoms with Gasteiger partial charge in [0.2, 0.25) is 23.6 Å². The molecule has 0 aliphatic heterocycles. The zero-order valence-electron chi connectivity index (χ0n) is 17.8. The van der Waals surface area contributed by atoms with Crippen molar-refractivity contribution in [2.75, 3.05) is 13.2 Å². The lowest BCUT2D eigenvalue weighted by Gasteiger charge is -2.25. The van der Waals surface area contributed by atoms with E-state index >= 15 is 0 Å². The highest BCUT2D eigenvalue weighted by atomic mass is 16.4. The third-order valence-corrected chi connectivity index (χ3v) is 4.38. The zero-order chi connectivity index (χ0) is 24.1. The molecule has 0 saturated carbocycles. The van der Waals surface area contributed by atoms with Crippen molar-refractivity contribution in [2.24, 2.45) is 23.1 Å². The summed E-state index contributed by atoms with van der Waals surface area (Å²) in [6, 6.07) is -5.05. The van der Waals surface area contributed by atoms with E-state index in [4.69, 9.17) is 17.2 Å². The summed E-state index contributed by atoms with van der Waals surface area (Å²) in [5, 5.41) is 25.7. The molecule has 178 valence electrons. The van der Waals surface area contributed by atoms with Crippen molar-refractivity contribution in [3.05, 3.63) is 0 Å². The van der Waals surface area contributed by atoms with Gasteiger partial charge in [-0.15, -0.1) is 0 Å². The third-order valence-electron chi connectivity index (χ3n) is 4.38. The van der Waals surface area contributed by atoms with Gasteiger partial charge in [0.1, 0.15) is 18.1 Å². The van der Waals surface area contributed by atoms with Gasteiger partial charge in [0.25, 0.3) is 0 Å². The Kier molecular flexibility index (Phi) is 13.0. The van der Waals surface area contributed by atoms with E-state index in [2.05, 4.69) is 16.0 Å². The quantitative estimate of drug-likeness (QED) is 0.116. The zero-order valence-corrected chi connectivity index (χ0v) is 17.8. The highest BCUT2D eigenvalue weighted by Gasteiger charge is 2.31. The van der Waals surface area contributed by atoms with E-state index < -0.39 is 72.7 Å². The van der Waals surface area contributed by atoms with Crippen LogP contribution in [0.15, 0.2) is 0 Å². The number of carboxylic acid groups (broad SMARTS) is 1. The molecule has 0 aliphatic rings. The number of rotatable bonds is 15. The summed E-state index contributed by atoms with van der Waals surface area (Å²) in [6.45, 7) is 2.79. The fourth-order valence-corrected chi connectivity index (χ4v) is 2.58. The summed E-state index contributed by atoms with van der Waals surface area (Å²) in [5.74, 6) is -4.94. The van der Waals surface area contributed by atoms with Gasteiger partial charge in [-0.3, -0.25) is 19.2 Å². The minimum Gasteiger partial charge on any atom is -0.480 e. The average molecular weight is 447 g/mol. The molecule has 0 fully saturated rings. The van der Waals surface area contributed by atoms with Crippen LogP contribution in [0.3, 0.4) is 0 Å². The van der Waals surface area contributed by atoms with E-state index in [0.29, 0.717) is 19.4 Å². The Morgan fingerprint density at radius 3 is 1.90 bits per heavy atom. The Hall–Kier alpha value is -2.77.